The van der Waals surface area contributed by atoms with Gasteiger partial charge in [-0.15, -0.1) is 0 Å². The highest BCUT2D eigenvalue weighted by molar-refractivity contribution is 6.05. The maximum absolute atomic E-state index is 12.9. The number of fused-ring (bicyclic) bond motifs is 1. The summed E-state index contributed by atoms with van der Waals surface area (Å²) in [5, 5.41) is 5.96. The fourth-order valence-electron chi connectivity index (χ4n) is 5.16. The van der Waals surface area contributed by atoms with Crippen LogP contribution in [-0.2, 0) is 22.7 Å². The Morgan fingerprint density at radius 1 is 1.11 bits per heavy atom. The molecule has 1 unspecified atom stereocenters. The standard InChI is InChI=1S/C26H30N4O5/c1-34-24-11-6-16(14-28-24)13-27-20-4-2-3-5-22(20)35-18-7-8-19-17(12-18)15-30(26(19)33)21-9-10-23(31)29-25(21)32/h6-8,11-12,14,20-22,27H,2-5,9-10,13,15H2,1H3,(H,29,31,32)/t20-,21?,22+/m0/s1. The van der Waals surface area contributed by atoms with Gasteiger partial charge in [-0.1, -0.05) is 12.5 Å². The zero-order valence-corrected chi connectivity index (χ0v) is 19.8. The van der Waals surface area contributed by atoms with E-state index in [-0.39, 0.29) is 30.4 Å². The molecule has 1 saturated heterocycles. The third kappa shape index (κ3) is 5.00. The normalized spacial score (nSPS) is 24.2. The van der Waals surface area contributed by atoms with E-state index in [4.69, 9.17) is 9.47 Å². The van der Waals surface area contributed by atoms with E-state index in [1.54, 1.807) is 18.1 Å². The van der Waals surface area contributed by atoms with Gasteiger partial charge in [0, 0.05) is 43.4 Å². The van der Waals surface area contributed by atoms with Gasteiger partial charge in [0.15, 0.2) is 0 Å². The molecule has 1 aromatic carbocycles. The van der Waals surface area contributed by atoms with Crippen molar-refractivity contribution >= 4 is 17.7 Å². The largest absolute Gasteiger partial charge is 0.489 e. The summed E-state index contributed by atoms with van der Waals surface area (Å²) in [5.41, 5.74) is 2.52. The Morgan fingerprint density at radius 2 is 1.97 bits per heavy atom. The monoisotopic (exact) mass is 478 g/mol. The zero-order valence-electron chi connectivity index (χ0n) is 19.8. The number of aromatic nitrogens is 1. The van der Waals surface area contributed by atoms with Crippen LogP contribution in [0.1, 0.15) is 60.0 Å². The van der Waals surface area contributed by atoms with Crippen LogP contribution >= 0.6 is 0 Å². The minimum atomic E-state index is -0.615. The van der Waals surface area contributed by atoms with Crippen LogP contribution in [-0.4, -0.2) is 52.9 Å². The molecule has 3 amide bonds. The molecule has 9 heteroatoms. The Kier molecular flexibility index (Phi) is 6.68. The summed E-state index contributed by atoms with van der Waals surface area (Å²) in [4.78, 5) is 42.5. The number of rotatable bonds is 7. The minimum absolute atomic E-state index is 0.0244. The van der Waals surface area contributed by atoms with Gasteiger partial charge >= 0.3 is 0 Å². The van der Waals surface area contributed by atoms with Crippen molar-refractivity contribution in [2.75, 3.05) is 7.11 Å². The molecular weight excluding hydrogens is 448 g/mol. The van der Waals surface area contributed by atoms with E-state index in [0.29, 0.717) is 31.0 Å². The first-order chi connectivity index (χ1) is 17.0. The second kappa shape index (κ2) is 10.0. The third-order valence-electron chi connectivity index (χ3n) is 7.06. The molecule has 1 saturated carbocycles. The van der Waals surface area contributed by atoms with Gasteiger partial charge in [0.05, 0.1) is 7.11 Å². The van der Waals surface area contributed by atoms with Gasteiger partial charge < -0.3 is 19.7 Å². The van der Waals surface area contributed by atoms with E-state index in [2.05, 4.69) is 15.6 Å². The summed E-state index contributed by atoms with van der Waals surface area (Å²) in [7, 11) is 1.60. The molecule has 2 N–H and O–H groups in total. The van der Waals surface area contributed by atoms with Gasteiger partial charge in [-0.25, -0.2) is 4.98 Å². The van der Waals surface area contributed by atoms with Crippen molar-refractivity contribution in [1.29, 1.82) is 0 Å². The maximum Gasteiger partial charge on any atom is 0.255 e. The summed E-state index contributed by atoms with van der Waals surface area (Å²) in [6.45, 7) is 1.04. The molecule has 3 heterocycles. The molecule has 2 aliphatic heterocycles. The number of hydrogen-bond acceptors (Lipinski definition) is 7. The van der Waals surface area contributed by atoms with Crippen LogP contribution in [0.4, 0.5) is 0 Å². The van der Waals surface area contributed by atoms with Crippen LogP contribution in [0.5, 0.6) is 11.6 Å². The predicted octanol–water partition coefficient (Wildman–Crippen LogP) is 2.33. The van der Waals surface area contributed by atoms with Crippen molar-refractivity contribution in [3.8, 4) is 11.6 Å². The van der Waals surface area contributed by atoms with Crippen LogP contribution in [0.25, 0.3) is 0 Å². The predicted molar refractivity (Wildman–Crippen MR) is 127 cm³/mol. The van der Waals surface area contributed by atoms with E-state index in [0.717, 1.165) is 42.6 Å². The molecule has 3 atom stereocenters. The zero-order chi connectivity index (χ0) is 24.4. The quantitative estimate of drug-likeness (QED) is 0.588. The van der Waals surface area contributed by atoms with Crippen molar-refractivity contribution in [3.05, 3.63) is 53.2 Å². The van der Waals surface area contributed by atoms with Crippen LogP contribution in [0.15, 0.2) is 36.5 Å². The molecule has 184 valence electrons. The van der Waals surface area contributed by atoms with E-state index in [9.17, 15) is 14.4 Å². The fraction of sp³-hybridized carbons (Fsp3) is 0.462. The Balaban J connectivity index is 1.23. The highest BCUT2D eigenvalue weighted by Crippen LogP contribution is 2.32. The third-order valence-corrected chi connectivity index (χ3v) is 7.06. The lowest BCUT2D eigenvalue weighted by Gasteiger charge is -2.32. The summed E-state index contributed by atoms with van der Waals surface area (Å²) in [6.07, 6.45) is 6.68. The van der Waals surface area contributed by atoms with Gasteiger partial charge in [-0.3, -0.25) is 19.7 Å². The fourth-order valence-corrected chi connectivity index (χ4v) is 5.16. The van der Waals surface area contributed by atoms with Crippen LogP contribution in [0, 0.1) is 0 Å². The highest BCUT2D eigenvalue weighted by atomic mass is 16.5. The molecular formula is C26H30N4O5. The number of nitrogens with zero attached hydrogens (tertiary/aromatic N) is 2. The van der Waals surface area contributed by atoms with Crippen LogP contribution < -0.4 is 20.1 Å². The molecule has 9 nitrogen and oxygen atoms in total. The molecule has 35 heavy (non-hydrogen) atoms. The van der Waals surface area contributed by atoms with E-state index < -0.39 is 11.9 Å². The molecule has 5 rings (SSSR count). The SMILES string of the molecule is COc1ccc(CN[C@H]2CCCC[C@H]2Oc2ccc3c(c2)CN(C2CCC(=O)NC2=O)C3=O)cn1. The van der Waals surface area contributed by atoms with Crippen molar-refractivity contribution in [1.82, 2.24) is 20.5 Å². The lowest BCUT2D eigenvalue weighted by atomic mass is 9.92. The number of imide groups is 1. The number of carbonyl (C=O) groups excluding carboxylic acids is 3. The lowest BCUT2D eigenvalue weighted by molar-refractivity contribution is -0.136. The Labute approximate surface area is 204 Å². The topological polar surface area (TPSA) is 110 Å². The summed E-state index contributed by atoms with van der Waals surface area (Å²) < 4.78 is 11.5. The molecule has 1 aromatic heterocycles. The number of hydrogen-bond donors (Lipinski definition) is 2. The van der Waals surface area contributed by atoms with E-state index in [1.807, 2.05) is 30.5 Å². The molecule has 3 aliphatic rings. The van der Waals surface area contributed by atoms with Crippen molar-refractivity contribution in [2.24, 2.45) is 0 Å². The second-order valence-corrected chi connectivity index (χ2v) is 9.36. The Bertz CT molecular complexity index is 1120. The van der Waals surface area contributed by atoms with Gasteiger partial charge in [-0.05, 0) is 55.0 Å². The Hall–Kier alpha value is -3.46. The summed E-state index contributed by atoms with van der Waals surface area (Å²) in [5.74, 6) is 0.462. The average molecular weight is 479 g/mol. The number of amides is 3. The van der Waals surface area contributed by atoms with Gasteiger partial charge in [-0.2, -0.15) is 0 Å². The van der Waals surface area contributed by atoms with Crippen molar-refractivity contribution in [2.45, 2.75) is 69.8 Å². The smallest absolute Gasteiger partial charge is 0.255 e. The number of carbonyl (C=O) groups is 3. The van der Waals surface area contributed by atoms with E-state index in [1.165, 1.54) is 0 Å². The van der Waals surface area contributed by atoms with Gasteiger partial charge in [0.2, 0.25) is 17.7 Å². The van der Waals surface area contributed by atoms with Crippen molar-refractivity contribution in [3.63, 3.8) is 0 Å². The number of piperidine rings is 1. The van der Waals surface area contributed by atoms with Crippen LogP contribution in [0.2, 0.25) is 0 Å². The molecule has 1 aliphatic carbocycles. The van der Waals surface area contributed by atoms with Gasteiger partial charge in [0.1, 0.15) is 17.9 Å². The lowest BCUT2D eigenvalue weighted by Crippen LogP contribution is -2.52. The molecule has 0 radical (unpaired) electrons. The summed E-state index contributed by atoms with van der Waals surface area (Å²) >= 11 is 0. The minimum Gasteiger partial charge on any atom is -0.489 e. The second-order valence-electron chi connectivity index (χ2n) is 9.36. The Morgan fingerprint density at radius 3 is 2.74 bits per heavy atom. The number of nitrogens with one attached hydrogen (secondary N) is 2. The van der Waals surface area contributed by atoms with Crippen molar-refractivity contribution < 1.29 is 23.9 Å². The molecule has 2 aromatic rings. The first kappa shape index (κ1) is 23.3. The number of ether oxygens (including phenoxy) is 2. The number of pyridine rings is 1. The highest BCUT2D eigenvalue weighted by Gasteiger charge is 2.39. The first-order valence-corrected chi connectivity index (χ1v) is 12.2. The maximum atomic E-state index is 12.9. The number of methoxy groups -OCH3 is 1. The van der Waals surface area contributed by atoms with Gasteiger partial charge in [0.25, 0.3) is 5.91 Å². The average Bonchev–Trinajstić information content (AvgIpc) is 3.19. The van der Waals surface area contributed by atoms with E-state index >= 15 is 0 Å². The molecule has 0 spiro atoms. The van der Waals surface area contributed by atoms with Crippen LogP contribution in [0.3, 0.4) is 0 Å². The first-order valence-electron chi connectivity index (χ1n) is 12.2. The molecule has 0 bridgehead atoms. The number of benzene rings is 1. The molecule has 2 fully saturated rings. The summed E-state index contributed by atoms with van der Waals surface area (Å²) in [6, 6.07) is 8.99.